The lowest BCUT2D eigenvalue weighted by atomic mass is 10.1. The maximum Gasteiger partial charge on any atom is 0.220 e. The zero-order valence-corrected chi connectivity index (χ0v) is 23.2. The first kappa shape index (κ1) is 26.5. The van der Waals surface area contributed by atoms with Crippen molar-refractivity contribution in [1.82, 2.24) is 14.8 Å². The third kappa shape index (κ3) is 6.39. The molecule has 0 amide bonds. The summed E-state index contributed by atoms with van der Waals surface area (Å²) < 4.78 is 8.78. The van der Waals surface area contributed by atoms with E-state index in [4.69, 9.17) is 27.9 Å². The fourth-order valence-electron chi connectivity index (χ4n) is 3.64. The van der Waals surface area contributed by atoms with Crippen molar-refractivity contribution in [3.8, 4) is 11.4 Å². The van der Waals surface area contributed by atoms with Gasteiger partial charge in [-0.3, -0.25) is 14.7 Å². The molecule has 0 unspecified atom stereocenters. The Balaban J connectivity index is 1.69. The molecule has 0 aliphatic carbocycles. The Bertz CT molecular complexity index is 1420. The first-order chi connectivity index (χ1) is 17.2. The number of hydrogen-bond acceptors (Lipinski definition) is 6. The Morgan fingerprint density at radius 2 is 1.92 bits per heavy atom. The molecular weight excluding hydrogens is 587 g/mol. The van der Waals surface area contributed by atoms with Crippen LogP contribution in [0, 0.1) is 24.0 Å². The van der Waals surface area contributed by atoms with Gasteiger partial charge in [0, 0.05) is 36.3 Å². The van der Waals surface area contributed by atoms with Gasteiger partial charge in [-0.25, -0.2) is 0 Å². The van der Waals surface area contributed by atoms with Gasteiger partial charge in [0.1, 0.15) is 23.4 Å². The largest absolute Gasteiger partial charge is 0.489 e. The van der Waals surface area contributed by atoms with E-state index in [1.165, 1.54) is 11.8 Å². The molecule has 36 heavy (non-hydrogen) atoms. The Hall–Kier alpha value is -2.59. The Labute approximate surface area is 231 Å². The van der Waals surface area contributed by atoms with Gasteiger partial charge in [0.25, 0.3) is 0 Å². The van der Waals surface area contributed by atoms with Gasteiger partial charge in [-0.2, -0.15) is 0 Å². The molecule has 0 fully saturated rings. The number of aromatic nitrogens is 3. The van der Waals surface area contributed by atoms with E-state index < -0.39 is 5.25 Å². The van der Waals surface area contributed by atoms with E-state index >= 15 is 0 Å². The van der Waals surface area contributed by atoms with Crippen LogP contribution in [0.15, 0.2) is 70.3 Å². The second-order valence-corrected chi connectivity index (χ2v) is 11.0. The maximum absolute atomic E-state index is 11.7. The van der Waals surface area contributed by atoms with Gasteiger partial charge in [0.2, 0.25) is 6.54 Å². The molecule has 0 spiro atoms. The number of hydrogen-bond donors (Lipinski definition) is 0. The van der Waals surface area contributed by atoms with Crippen LogP contribution in [0.2, 0.25) is 10.0 Å². The smallest absolute Gasteiger partial charge is 0.220 e. The van der Waals surface area contributed by atoms with E-state index in [1.54, 1.807) is 24.3 Å². The summed E-state index contributed by atoms with van der Waals surface area (Å²) in [7, 11) is 0. The van der Waals surface area contributed by atoms with Gasteiger partial charge in [0.15, 0.2) is 5.16 Å². The van der Waals surface area contributed by atoms with Crippen molar-refractivity contribution in [2.45, 2.75) is 30.9 Å². The molecule has 0 saturated carbocycles. The average molecular weight is 608 g/mol. The standard InChI is InChI=1S/C25H21BrCl2N4O3S/c1-15-4-3-5-20(10-15)32-16(2)29-30-25(32)36-24(13-31(33)34)21-11-18(26)7-9-23(21)35-14-17-6-8-19(27)12-22(17)28/h3-12,24H,13-14H2,1-2H3/t24-/m1/s1. The third-order valence-electron chi connectivity index (χ3n) is 5.33. The van der Waals surface area contributed by atoms with Gasteiger partial charge in [-0.15, -0.1) is 10.2 Å². The highest BCUT2D eigenvalue weighted by atomic mass is 79.9. The number of thioether (sulfide) groups is 1. The van der Waals surface area contributed by atoms with E-state index in [-0.39, 0.29) is 18.1 Å². The highest BCUT2D eigenvalue weighted by molar-refractivity contribution is 9.10. The number of rotatable bonds is 9. The fourth-order valence-corrected chi connectivity index (χ4v) is 5.68. The van der Waals surface area contributed by atoms with Gasteiger partial charge >= 0.3 is 0 Å². The van der Waals surface area contributed by atoms with Crippen LogP contribution in [0.5, 0.6) is 5.75 Å². The van der Waals surface area contributed by atoms with E-state index in [1.807, 2.05) is 54.8 Å². The lowest BCUT2D eigenvalue weighted by Crippen LogP contribution is -2.13. The van der Waals surface area contributed by atoms with Gasteiger partial charge in [-0.05, 0) is 61.9 Å². The van der Waals surface area contributed by atoms with Crippen LogP contribution in [0.4, 0.5) is 0 Å². The molecule has 0 radical (unpaired) electrons. The first-order valence-electron chi connectivity index (χ1n) is 10.8. The van der Waals surface area contributed by atoms with E-state index in [0.717, 1.165) is 21.3 Å². The van der Waals surface area contributed by atoms with Crippen LogP contribution in [0.25, 0.3) is 5.69 Å². The van der Waals surface area contributed by atoms with Crippen molar-refractivity contribution in [3.63, 3.8) is 0 Å². The van der Waals surface area contributed by atoms with Crippen molar-refractivity contribution in [1.29, 1.82) is 0 Å². The van der Waals surface area contributed by atoms with Gasteiger partial charge in [0.05, 0.1) is 0 Å². The Kier molecular flexibility index (Phi) is 8.56. The Morgan fingerprint density at radius 1 is 1.11 bits per heavy atom. The van der Waals surface area contributed by atoms with Crippen LogP contribution in [0.3, 0.4) is 0 Å². The number of nitrogens with zero attached hydrogens (tertiary/aromatic N) is 4. The SMILES string of the molecule is Cc1cccc(-n2c(C)nnc2S[C@H](C[N+](=O)[O-])c2cc(Br)ccc2OCc2ccc(Cl)cc2Cl)c1. The molecule has 1 heterocycles. The number of aryl methyl sites for hydroxylation is 2. The van der Waals surface area contributed by atoms with Crippen LogP contribution < -0.4 is 4.74 Å². The molecule has 1 atom stereocenters. The first-order valence-corrected chi connectivity index (χ1v) is 13.3. The second kappa shape index (κ2) is 11.6. The fraction of sp³-hybridized carbons (Fsp3) is 0.200. The van der Waals surface area contributed by atoms with Crippen LogP contribution >= 0.6 is 50.9 Å². The minimum absolute atomic E-state index is 0.180. The summed E-state index contributed by atoms with van der Waals surface area (Å²) in [6, 6.07) is 18.6. The number of halogens is 3. The van der Waals surface area contributed by atoms with Crippen molar-refractivity contribution < 1.29 is 9.66 Å². The molecule has 0 bridgehead atoms. The summed E-state index contributed by atoms with van der Waals surface area (Å²) in [5, 5.41) is 21.2. The average Bonchev–Trinajstić information content (AvgIpc) is 3.18. The molecular formula is C25H21BrCl2N4O3S. The zero-order valence-electron chi connectivity index (χ0n) is 19.3. The second-order valence-electron chi connectivity index (χ2n) is 8.03. The van der Waals surface area contributed by atoms with Crippen LogP contribution in [0.1, 0.15) is 27.8 Å². The summed E-state index contributed by atoms with van der Waals surface area (Å²) in [4.78, 5) is 11.4. The van der Waals surface area contributed by atoms with Crippen molar-refractivity contribution in [2.75, 3.05) is 6.54 Å². The summed E-state index contributed by atoms with van der Waals surface area (Å²) in [6.45, 7) is 3.70. The van der Waals surface area contributed by atoms with Gasteiger partial charge in [-0.1, -0.05) is 69.1 Å². The lowest BCUT2D eigenvalue weighted by Gasteiger charge is -2.19. The zero-order chi connectivity index (χ0) is 25.8. The summed E-state index contributed by atoms with van der Waals surface area (Å²) in [5.74, 6) is 1.20. The summed E-state index contributed by atoms with van der Waals surface area (Å²) in [5.41, 5.74) is 3.39. The molecule has 4 aromatic rings. The molecule has 0 saturated heterocycles. The molecule has 0 aliphatic heterocycles. The lowest BCUT2D eigenvalue weighted by molar-refractivity contribution is -0.479. The predicted octanol–water partition coefficient (Wildman–Crippen LogP) is 7.64. The monoisotopic (exact) mass is 606 g/mol. The Morgan fingerprint density at radius 3 is 2.64 bits per heavy atom. The third-order valence-corrected chi connectivity index (χ3v) is 7.58. The van der Waals surface area contributed by atoms with Crippen LogP contribution in [-0.4, -0.2) is 26.2 Å². The molecule has 4 rings (SSSR count). The summed E-state index contributed by atoms with van der Waals surface area (Å²) >= 11 is 17.1. The number of benzene rings is 3. The number of nitro groups is 1. The number of ether oxygens (including phenoxy) is 1. The minimum Gasteiger partial charge on any atom is -0.489 e. The molecule has 1 aromatic heterocycles. The molecule has 186 valence electrons. The van der Waals surface area contributed by atoms with Crippen molar-refractivity contribution >= 4 is 50.9 Å². The molecule has 3 aromatic carbocycles. The molecule has 7 nitrogen and oxygen atoms in total. The van der Waals surface area contributed by atoms with E-state index in [2.05, 4.69) is 26.1 Å². The quantitative estimate of drug-likeness (QED) is 0.110. The highest BCUT2D eigenvalue weighted by Crippen LogP contribution is 2.41. The topological polar surface area (TPSA) is 83.1 Å². The van der Waals surface area contributed by atoms with E-state index in [9.17, 15) is 10.1 Å². The molecule has 0 aliphatic rings. The summed E-state index contributed by atoms with van der Waals surface area (Å²) in [6.07, 6.45) is 0. The van der Waals surface area contributed by atoms with Crippen LogP contribution in [-0.2, 0) is 6.61 Å². The van der Waals surface area contributed by atoms with Crippen molar-refractivity contribution in [2.24, 2.45) is 0 Å². The van der Waals surface area contributed by atoms with E-state index in [0.29, 0.717) is 32.3 Å². The molecule has 11 heteroatoms. The van der Waals surface area contributed by atoms with Crippen molar-refractivity contribution in [3.05, 3.63) is 108 Å². The maximum atomic E-state index is 11.7. The normalized spacial score (nSPS) is 11.9. The minimum atomic E-state index is -0.597. The van der Waals surface area contributed by atoms with Gasteiger partial charge < -0.3 is 4.74 Å². The predicted molar refractivity (Wildman–Crippen MR) is 146 cm³/mol. The molecule has 0 N–H and O–H groups in total. The highest BCUT2D eigenvalue weighted by Gasteiger charge is 2.27.